The molecule has 1 aromatic heterocycles. The molecule has 1 heterocycles. The largest absolute Gasteiger partial charge is 0.297 e. The van der Waals surface area contributed by atoms with Crippen LogP contribution in [0.25, 0.3) is 0 Å². The highest BCUT2D eigenvalue weighted by atomic mass is 16.2. The van der Waals surface area contributed by atoms with Gasteiger partial charge >= 0.3 is 0 Å². The van der Waals surface area contributed by atoms with Gasteiger partial charge in [0.25, 0.3) is 0 Å². The number of aromatic nitrogens is 2. The first-order chi connectivity index (χ1) is 8.74. The summed E-state index contributed by atoms with van der Waals surface area (Å²) in [6, 6.07) is 0. The van der Waals surface area contributed by atoms with Crippen molar-refractivity contribution in [3.8, 4) is 0 Å². The zero-order valence-electron chi connectivity index (χ0n) is 11.6. The van der Waals surface area contributed by atoms with Crippen molar-refractivity contribution in [1.29, 1.82) is 0 Å². The summed E-state index contributed by atoms with van der Waals surface area (Å²) in [5, 5.41) is 0. The highest BCUT2D eigenvalue weighted by Gasteiger charge is 2.17. The van der Waals surface area contributed by atoms with Gasteiger partial charge in [-0.1, -0.05) is 33.6 Å². The van der Waals surface area contributed by atoms with Crippen molar-refractivity contribution < 1.29 is 4.79 Å². The van der Waals surface area contributed by atoms with E-state index in [0.29, 0.717) is 6.42 Å². The molecular formula is C14H23N3O. The number of amides is 1. The first-order valence-corrected chi connectivity index (χ1v) is 6.83. The molecule has 0 unspecified atom stereocenters. The van der Waals surface area contributed by atoms with Crippen molar-refractivity contribution >= 4 is 11.7 Å². The standard InChI is InChI=1S/C14H23N3O/c1-4-7-9-17(13(18)6-3)14-12(8-5-2)10-15-11-16-14/h10-11H,4-9H2,1-3H3. The third-order valence-electron chi connectivity index (χ3n) is 2.88. The zero-order valence-corrected chi connectivity index (χ0v) is 11.6. The zero-order chi connectivity index (χ0) is 13.4. The van der Waals surface area contributed by atoms with Crippen molar-refractivity contribution in [2.45, 2.75) is 52.9 Å². The van der Waals surface area contributed by atoms with Crippen LogP contribution in [0.1, 0.15) is 52.0 Å². The summed E-state index contributed by atoms with van der Waals surface area (Å²) in [5.41, 5.74) is 1.07. The van der Waals surface area contributed by atoms with E-state index in [-0.39, 0.29) is 5.91 Å². The first-order valence-electron chi connectivity index (χ1n) is 6.83. The Balaban J connectivity index is 2.99. The normalized spacial score (nSPS) is 10.4. The summed E-state index contributed by atoms with van der Waals surface area (Å²) in [6.07, 6.45) is 7.88. The van der Waals surface area contributed by atoms with Gasteiger partial charge in [-0.05, 0) is 12.8 Å². The summed E-state index contributed by atoms with van der Waals surface area (Å²) < 4.78 is 0. The van der Waals surface area contributed by atoms with Crippen LogP contribution in [0.3, 0.4) is 0 Å². The lowest BCUT2D eigenvalue weighted by molar-refractivity contribution is -0.118. The van der Waals surface area contributed by atoms with Crippen LogP contribution in [0.15, 0.2) is 12.5 Å². The summed E-state index contributed by atoms with van der Waals surface area (Å²) in [5.74, 6) is 0.937. The van der Waals surface area contributed by atoms with Crippen LogP contribution in [-0.4, -0.2) is 22.4 Å². The minimum Gasteiger partial charge on any atom is -0.297 e. The second-order valence-electron chi connectivity index (χ2n) is 4.37. The molecule has 0 aliphatic carbocycles. The number of carbonyl (C=O) groups excluding carboxylic acids is 1. The van der Waals surface area contributed by atoms with E-state index < -0.39 is 0 Å². The number of hydrogen-bond donors (Lipinski definition) is 0. The molecule has 0 aliphatic heterocycles. The molecule has 100 valence electrons. The molecule has 0 aliphatic rings. The van der Waals surface area contributed by atoms with E-state index in [1.165, 1.54) is 6.33 Å². The number of nitrogens with zero attached hydrogens (tertiary/aromatic N) is 3. The molecule has 0 fully saturated rings. The highest BCUT2D eigenvalue weighted by molar-refractivity contribution is 5.92. The van der Waals surface area contributed by atoms with E-state index in [1.54, 1.807) is 0 Å². The highest BCUT2D eigenvalue weighted by Crippen LogP contribution is 2.19. The van der Waals surface area contributed by atoms with Crippen LogP contribution in [0.2, 0.25) is 0 Å². The molecule has 0 atom stereocenters. The fourth-order valence-corrected chi connectivity index (χ4v) is 1.90. The molecule has 0 spiro atoms. The third kappa shape index (κ3) is 3.79. The molecule has 18 heavy (non-hydrogen) atoms. The number of unbranched alkanes of at least 4 members (excludes halogenated alkanes) is 1. The Morgan fingerprint density at radius 3 is 2.67 bits per heavy atom. The van der Waals surface area contributed by atoms with Gasteiger partial charge in [-0.3, -0.25) is 9.69 Å². The maximum Gasteiger partial charge on any atom is 0.227 e. The van der Waals surface area contributed by atoms with E-state index in [4.69, 9.17) is 0 Å². The maximum absolute atomic E-state index is 12.0. The minimum atomic E-state index is 0.138. The van der Waals surface area contributed by atoms with Gasteiger partial charge in [-0.15, -0.1) is 0 Å². The summed E-state index contributed by atoms with van der Waals surface area (Å²) in [4.78, 5) is 22.2. The molecule has 1 amide bonds. The van der Waals surface area contributed by atoms with E-state index in [0.717, 1.165) is 43.6 Å². The van der Waals surface area contributed by atoms with Crippen molar-refractivity contribution in [2.24, 2.45) is 0 Å². The monoisotopic (exact) mass is 249 g/mol. The van der Waals surface area contributed by atoms with Gasteiger partial charge < -0.3 is 0 Å². The van der Waals surface area contributed by atoms with Crippen molar-refractivity contribution in [3.05, 3.63) is 18.1 Å². The molecule has 4 heteroatoms. The van der Waals surface area contributed by atoms with E-state index in [1.807, 2.05) is 18.0 Å². The smallest absolute Gasteiger partial charge is 0.227 e. The predicted molar refractivity (Wildman–Crippen MR) is 73.6 cm³/mol. The average molecular weight is 249 g/mol. The lowest BCUT2D eigenvalue weighted by Gasteiger charge is -2.23. The van der Waals surface area contributed by atoms with Crippen LogP contribution >= 0.6 is 0 Å². The molecular weight excluding hydrogens is 226 g/mol. The topological polar surface area (TPSA) is 46.1 Å². The molecule has 1 rings (SSSR count). The molecule has 0 bridgehead atoms. The fourth-order valence-electron chi connectivity index (χ4n) is 1.90. The predicted octanol–water partition coefficient (Wildman–Crippen LogP) is 2.97. The molecule has 4 nitrogen and oxygen atoms in total. The Kier molecular flexibility index (Phi) is 6.33. The Morgan fingerprint density at radius 1 is 1.28 bits per heavy atom. The third-order valence-corrected chi connectivity index (χ3v) is 2.88. The van der Waals surface area contributed by atoms with Crippen LogP contribution in [0, 0.1) is 0 Å². The van der Waals surface area contributed by atoms with Gasteiger partial charge in [-0.2, -0.15) is 0 Å². The lowest BCUT2D eigenvalue weighted by Crippen LogP contribution is -2.33. The Bertz CT molecular complexity index is 379. The SMILES string of the molecule is CCCCN(C(=O)CC)c1ncncc1CCC. The van der Waals surface area contributed by atoms with Crippen molar-refractivity contribution in [1.82, 2.24) is 9.97 Å². The molecule has 0 saturated carbocycles. The molecule has 0 N–H and O–H groups in total. The lowest BCUT2D eigenvalue weighted by atomic mass is 10.1. The van der Waals surface area contributed by atoms with Gasteiger partial charge in [0.2, 0.25) is 5.91 Å². The summed E-state index contributed by atoms with van der Waals surface area (Å²) >= 11 is 0. The minimum absolute atomic E-state index is 0.138. The van der Waals surface area contributed by atoms with E-state index in [2.05, 4.69) is 23.8 Å². The molecule has 0 aromatic carbocycles. The number of aryl methyl sites for hydroxylation is 1. The van der Waals surface area contributed by atoms with E-state index in [9.17, 15) is 4.79 Å². The Morgan fingerprint density at radius 2 is 2.06 bits per heavy atom. The van der Waals surface area contributed by atoms with Gasteiger partial charge in [0.05, 0.1) is 0 Å². The van der Waals surface area contributed by atoms with Crippen molar-refractivity contribution in [2.75, 3.05) is 11.4 Å². The number of rotatable bonds is 7. The first kappa shape index (κ1) is 14.6. The Labute approximate surface area is 109 Å². The quantitative estimate of drug-likeness (QED) is 0.746. The average Bonchev–Trinajstić information content (AvgIpc) is 2.40. The van der Waals surface area contributed by atoms with Gasteiger partial charge in [0.15, 0.2) is 0 Å². The fraction of sp³-hybridized carbons (Fsp3) is 0.643. The second kappa shape index (κ2) is 7.80. The molecule has 1 aromatic rings. The van der Waals surface area contributed by atoms with Crippen LogP contribution in [0.4, 0.5) is 5.82 Å². The maximum atomic E-state index is 12.0. The summed E-state index contributed by atoms with van der Waals surface area (Å²) in [6.45, 7) is 6.88. The van der Waals surface area contributed by atoms with E-state index >= 15 is 0 Å². The Hall–Kier alpha value is -1.45. The number of carbonyl (C=O) groups is 1. The number of anilines is 1. The van der Waals surface area contributed by atoms with Crippen molar-refractivity contribution in [3.63, 3.8) is 0 Å². The van der Waals surface area contributed by atoms with Crippen LogP contribution in [-0.2, 0) is 11.2 Å². The second-order valence-corrected chi connectivity index (χ2v) is 4.37. The van der Waals surface area contributed by atoms with Crippen LogP contribution < -0.4 is 4.90 Å². The summed E-state index contributed by atoms with van der Waals surface area (Å²) in [7, 11) is 0. The molecule has 0 radical (unpaired) electrons. The van der Waals surface area contributed by atoms with Gasteiger partial charge in [-0.25, -0.2) is 9.97 Å². The molecule has 0 saturated heterocycles. The van der Waals surface area contributed by atoms with Crippen LogP contribution in [0.5, 0.6) is 0 Å². The van der Waals surface area contributed by atoms with Gasteiger partial charge in [0.1, 0.15) is 12.1 Å². The van der Waals surface area contributed by atoms with Gasteiger partial charge in [0, 0.05) is 24.7 Å². The number of hydrogen-bond acceptors (Lipinski definition) is 3.